The van der Waals surface area contributed by atoms with Crippen molar-refractivity contribution >= 4 is 11.8 Å². The van der Waals surface area contributed by atoms with E-state index >= 15 is 0 Å². The van der Waals surface area contributed by atoms with Crippen LogP contribution >= 0.6 is 0 Å². The van der Waals surface area contributed by atoms with Crippen molar-refractivity contribution in [2.75, 3.05) is 18.0 Å². The second-order valence-corrected chi connectivity index (χ2v) is 6.14. The Morgan fingerprint density at radius 2 is 2.11 bits per heavy atom. The van der Waals surface area contributed by atoms with Crippen molar-refractivity contribution < 1.29 is 14.3 Å². The molecule has 104 valence electrons. The van der Waals surface area contributed by atoms with E-state index in [1.54, 1.807) is 4.90 Å². The molecule has 0 saturated carbocycles. The molecule has 0 atom stereocenters. The first-order valence-electron chi connectivity index (χ1n) is 6.25. The molecule has 1 N–H and O–H groups in total. The Bertz CT molecular complexity index is 493. The van der Waals surface area contributed by atoms with E-state index in [4.69, 9.17) is 5.11 Å². The summed E-state index contributed by atoms with van der Waals surface area (Å²) >= 11 is 0. The molecule has 1 fully saturated rings. The van der Waals surface area contributed by atoms with Crippen LogP contribution in [0, 0.1) is 17.2 Å². The number of carbonyl (C=O) groups is 1. The zero-order valence-electron chi connectivity index (χ0n) is 11.4. The number of halogens is 1. The minimum atomic E-state index is -0.847. The fourth-order valence-electron chi connectivity index (χ4n) is 2.05. The highest BCUT2D eigenvalue weighted by Crippen LogP contribution is 2.28. The van der Waals surface area contributed by atoms with Gasteiger partial charge >= 0.3 is 5.97 Å². The molecule has 6 heteroatoms. The maximum atomic E-state index is 14.3. The van der Waals surface area contributed by atoms with Crippen molar-refractivity contribution in [2.45, 2.75) is 27.2 Å². The average Bonchev–Trinajstić information content (AvgIpc) is 2.18. The van der Waals surface area contributed by atoms with Crippen LogP contribution in [0.3, 0.4) is 0 Å². The zero-order chi connectivity index (χ0) is 14.2. The highest BCUT2D eigenvalue weighted by molar-refractivity contribution is 5.74. The highest BCUT2D eigenvalue weighted by atomic mass is 19.1. The maximum Gasteiger partial charge on any atom is 0.310 e. The summed E-state index contributed by atoms with van der Waals surface area (Å²) in [5.74, 6) is -1.49. The van der Waals surface area contributed by atoms with Gasteiger partial charge < -0.3 is 10.0 Å². The molecule has 1 aliphatic heterocycles. The number of carboxylic acid groups (broad SMARTS) is 1. The van der Waals surface area contributed by atoms with Crippen LogP contribution < -0.4 is 4.90 Å². The van der Waals surface area contributed by atoms with Crippen LogP contribution in [-0.4, -0.2) is 34.1 Å². The number of hydrogen-bond donors (Lipinski definition) is 1. The van der Waals surface area contributed by atoms with Gasteiger partial charge in [-0.25, -0.2) is 14.4 Å². The summed E-state index contributed by atoms with van der Waals surface area (Å²) in [4.78, 5) is 20.3. The molecule has 2 rings (SSSR count). The molecule has 0 amide bonds. The summed E-state index contributed by atoms with van der Waals surface area (Å²) in [5, 5.41) is 8.82. The maximum absolute atomic E-state index is 14.3. The van der Waals surface area contributed by atoms with Gasteiger partial charge in [-0.15, -0.1) is 0 Å². The third kappa shape index (κ3) is 3.00. The van der Waals surface area contributed by atoms with E-state index in [9.17, 15) is 9.18 Å². The van der Waals surface area contributed by atoms with Crippen LogP contribution in [0.5, 0.6) is 0 Å². The van der Waals surface area contributed by atoms with E-state index in [-0.39, 0.29) is 11.2 Å². The molecular weight excluding hydrogens is 249 g/mol. The summed E-state index contributed by atoms with van der Waals surface area (Å²) in [6.45, 7) is 6.64. The van der Waals surface area contributed by atoms with Gasteiger partial charge in [-0.3, -0.25) is 4.79 Å². The Hall–Kier alpha value is -1.72. The fraction of sp³-hybridized carbons (Fsp3) is 0.615. The van der Waals surface area contributed by atoms with Gasteiger partial charge in [0.15, 0.2) is 11.6 Å². The van der Waals surface area contributed by atoms with Crippen LogP contribution in [0.15, 0.2) is 6.33 Å². The van der Waals surface area contributed by atoms with Crippen LogP contribution in [0.1, 0.15) is 26.5 Å². The van der Waals surface area contributed by atoms with E-state index < -0.39 is 17.7 Å². The molecule has 1 aliphatic rings. The first kappa shape index (κ1) is 13.7. The summed E-state index contributed by atoms with van der Waals surface area (Å²) in [6, 6.07) is 0. The molecule has 0 aromatic carbocycles. The van der Waals surface area contributed by atoms with Crippen molar-refractivity contribution in [3.63, 3.8) is 0 Å². The van der Waals surface area contributed by atoms with Gasteiger partial charge in [-0.05, 0) is 11.8 Å². The van der Waals surface area contributed by atoms with Gasteiger partial charge in [0.25, 0.3) is 0 Å². The minimum absolute atomic E-state index is 0.0645. The Labute approximate surface area is 111 Å². The molecule has 2 heterocycles. The second kappa shape index (κ2) is 4.75. The topological polar surface area (TPSA) is 66.3 Å². The summed E-state index contributed by atoms with van der Waals surface area (Å²) in [7, 11) is 0. The minimum Gasteiger partial charge on any atom is -0.481 e. The van der Waals surface area contributed by atoms with Gasteiger partial charge in [0.1, 0.15) is 6.33 Å². The largest absolute Gasteiger partial charge is 0.481 e. The van der Waals surface area contributed by atoms with Crippen LogP contribution in [0.2, 0.25) is 0 Å². The molecule has 19 heavy (non-hydrogen) atoms. The normalized spacial score (nSPS) is 16.3. The molecule has 1 aromatic heterocycles. The first-order valence-corrected chi connectivity index (χ1v) is 6.25. The van der Waals surface area contributed by atoms with E-state index in [1.807, 2.05) is 20.8 Å². The predicted octanol–water partition coefficient (Wildman–Crippen LogP) is 1.73. The average molecular weight is 267 g/mol. The quantitative estimate of drug-likeness (QED) is 0.903. The number of anilines is 1. The number of carboxylic acids is 1. The third-order valence-corrected chi connectivity index (χ3v) is 3.07. The van der Waals surface area contributed by atoms with Gasteiger partial charge in [0, 0.05) is 13.1 Å². The molecule has 0 radical (unpaired) electrons. The van der Waals surface area contributed by atoms with Gasteiger partial charge in [-0.1, -0.05) is 20.8 Å². The summed E-state index contributed by atoms with van der Waals surface area (Å²) in [6.07, 6.45) is 1.86. The SMILES string of the molecule is CC(C)(C)Cc1ncnc(N2CC(C(=O)O)C2)c1F. The Kier molecular flexibility index (Phi) is 3.43. The van der Waals surface area contributed by atoms with Crippen LogP contribution in [-0.2, 0) is 11.2 Å². The van der Waals surface area contributed by atoms with Crippen molar-refractivity contribution in [3.8, 4) is 0 Å². The number of rotatable bonds is 3. The standard InChI is InChI=1S/C13H18FN3O2/c1-13(2,3)4-9-10(14)11(16-7-15-9)17-5-8(6-17)12(18)19/h7-8H,4-6H2,1-3H3,(H,18,19). The van der Waals surface area contributed by atoms with E-state index in [0.717, 1.165) is 0 Å². The molecule has 0 spiro atoms. The van der Waals surface area contributed by atoms with Crippen molar-refractivity contribution in [2.24, 2.45) is 11.3 Å². The number of nitrogens with zero attached hydrogens (tertiary/aromatic N) is 3. The highest BCUT2D eigenvalue weighted by Gasteiger charge is 2.35. The van der Waals surface area contributed by atoms with Gasteiger partial charge in [0.2, 0.25) is 0 Å². The number of aliphatic carboxylic acids is 1. The zero-order valence-corrected chi connectivity index (χ0v) is 11.4. The molecule has 0 bridgehead atoms. The molecular formula is C13H18FN3O2. The second-order valence-electron chi connectivity index (χ2n) is 6.14. The Morgan fingerprint density at radius 3 is 2.63 bits per heavy atom. The Balaban J connectivity index is 2.15. The molecule has 0 unspecified atom stereocenters. The summed E-state index contributed by atoms with van der Waals surface area (Å²) in [5.41, 5.74) is 0.321. The lowest BCUT2D eigenvalue weighted by Crippen LogP contribution is -2.51. The monoisotopic (exact) mass is 267 g/mol. The Morgan fingerprint density at radius 1 is 1.47 bits per heavy atom. The lowest BCUT2D eigenvalue weighted by atomic mass is 9.90. The van der Waals surface area contributed by atoms with Gasteiger partial charge in [0.05, 0.1) is 11.6 Å². The van der Waals surface area contributed by atoms with E-state index in [1.165, 1.54) is 6.33 Å². The van der Waals surface area contributed by atoms with Crippen LogP contribution in [0.4, 0.5) is 10.2 Å². The van der Waals surface area contributed by atoms with Crippen LogP contribution in [0.25, 0.3) is 0 Å². The number of aromatic nitrogens is 2. The lowest BCUT2D eigenvalue weighted by molar-refractivity contribution is -0.142. The van der Waals surface area contributed by atoms with Crippen molar-refractivity contribution in [3.05, 3.63) is 17.8 Å². The van der Waals surface area contributed by atoms with Crippen molar-refractivity contribution in [1.82, 2.24) is 9.97 Å². The van der Waals surface area contributed by atoms with E-state index in [2.05, 4.69) is 9.97 Å². The molecule has 0 aliphatic carbocycles. The smallest absolute Gasteiger partial charge is 0.310 e. The fourth-order valence-corrected chi connectivity index (χ4v) is 2.05. The molecule has 5 nitrogen and oxygen atoms in total. The third-order valence-electron chi connectivity index (χ3n) is 3.07. The van der Waals surface area contributed by atoms with E-state index in [0.29, 0.717) is 25.2 Å². The summed E-state index contributed by atoms with van der Waals surface area (Å²) < 4.78 is 14.3. The lowest BCUT2D eigenvalue weighted by Gasteiger charge is -2.37. The number of hydrogen-bond acceptors (Lipinski definition) is 4. The molecule has 1 aromatic rings. The van der Waals surface area contributed by atoms with Gasteiger partial charge in [-0.2, -0.15) is 0 Å². The predicted molar refractivity (Wildman–Crippen MR) is 68.5 cm³/mol. The van der Waals surface area contributed by atoms with Crippen molar-refractivity contribution in [1.29, 1.82) is 0 Å². The first-order chi connectivity index (χ1) is 8.78. The molecule has 1 saturated heterocycles.